The smallest absolute Gasteiger partial charge is 0.295 e. The highest BCUT2D eigenvalue weighted by Gasteiger charge is 2.19. The predicted octanol–water partition coefficient (Wildman–Crippen LogP) is 5.51. The molecule has 3 aromatic carbocycles. The Balaban J connectivity index is 1.51. The fraction of sp³-hybridized carbons (Fsp3) is 0.115. The lowest BCUT2D eigenvalue weighted by Gasteiger charge is -2.14. The number of aromatic nitrogens is 2. The third-order valence-corrected chi connectivity index (χ3v) is 6.30. The van der Waals surface area contributed by atoms with Gasteiger partial charge in [0.2, 0.25) is 0 Å². The van der Waals surface area contributed by atoms with Gasteiger partial charge in [0.05, 0.1) is 11.4 Å². The summed E-state index contributed by atoms with van der Waals surface area (Å²) in [7, 11) is 1.78. The Kier molecular flexibility index (Phi) is 7.04. The number of halogens is 1. The molecule has 0 aliphatic carbocycles. The maximum Gasteiger partial charge on any atom is 0.295 e. The van der Waals surface area contributed by atoms with Crippen molar-refractivity contribution in [2.45, 2.75) is 13.8 Å². The van der Waals surface area contributed by atoms with E-state index in [9.17, 15) is 9.59 Å². The molecule has 0 atom stereocenters. The zero-order valence-corrected chi connectivity index (χ0v) is 21.0. The van der Waals surface area contributed by atoms with Gasteiger partial charge in [-0.25, -0.2) is 4.68 Å². The van der Waals surface area contributed by atoms with Crippen molar-refractivity contribution < 1.29 is 4.79 Å². The first-order valence-corrected chi connectivity index (χ1v) is 11.6. The number of hydrogen-bond donors (Lipinski definition) is 3. The fourth-order valence-corrected chi connectivity index (χ4v) is 4.07. The van der Waals surface area contributed by atoms with Gasteiger partial charge >= 0.3 is 0 Å². The molecule has 0 bridgehead atoms. The first kappa shape index (κ1) is 24.3. The fourth-order valence-electron chi connectivity index (χ4n) is 3.66. The number of rotatable bonds is 5. The maximum atomic E-state index is 13.1. The highest BCUT2D eigenvalue weighted by atomic mass is 35.5. The van der Waals surface area contributed by atoms with Gasteiger partial charge in [-0.3, -0.25) is 14.3 Å². The third-order valence-electron chi connectivity index (χ3n) is 5.69. The number of nitrogens with one attached hydrogen (secondary N) is 3. The van der Waals surface area contributed by atoms with E-state index >= 15 is 0 Å². The second kappa shape index (κ2) is 10.2. The van der Waals surface area contributed by atoms with Gasteiger partial charge in [-0.05, 0) is 74.1 Å². The zero-order valence-electron chi connectivity index (χ0n) is 19.4. The molecule has 0 aliphatic heterocycles. The van der Waals surface area contributed by atoms with Crippen molar-refractivity contribution >= 4 is 51.9 Å². The van der Waals surface area contributed by atoms with E-state index in [2.05, 4.69) is 16.0 Å². The summed E-state index contributed by atoms with van der Waals surface area (Å²) in [5.74, 6) is -0.399. The minimum atomic E-state index is -0.399. The number of benzene rings is 3. The number of hydrogen-bond acceptors (Lipinski definition) is 3. The largest absolute Gasteiger partial charge is 0.332 e. The normalized spacial score (nSPS) is 10.6. The first-order valence-electron chi connectivity index (χ1n) is 10.8. The highest BCUT2D eigenvalue weighted by Crippen LogP contribution is 2.23. The number of nitrogens with zero attached hydrogens (tertiary/aromatic N) is 2. The number of carbonyl (C=O) groups excluding carboxylic acids is 1. The van der Waals surface area contributed by atoms with E-state index in [0.29, 0.717) is 32.8 Å². The molecule has 7 nitrogen and oxygen atoms in total. The van der Waals surface area contributed by atoms with Crippen molar-refractivity contribution in [1.82, 2.24) is 9.36 Å². The molecule has 0 saturated carbocycles. The molecule has 0 spiro atoms. The molecular formula is C26H24ClN5O2S. The van der Waals surface area contributed by atoms with Gasteiger partial charge in [0, 0.05) is 29.0 Å². The molecule has 4 aromatic rings. The summed E-state index contributed by atoms with van der Waals surface area (Å²) in [5.41, 5.74) is 3.96. The Bertz CT molecular complexity index is 1480. The van der Waals surface area contributed by atoms with Gasteiger partial charge in [0.1, 0.15) is 5.69 Å². The summed E-state index contributed by atoms with van der Waals surface area (Å²) in [6.07, 6.45) is 0. The molecule has 0 unspecified atom stereocenters. The summed E-state index contributed by atoms with van der Waals surface area (Å²) in [5, 5.41) is 9.97. The van der Waals surface area contributed by atoms with Crippen LogP contribution in [-0.4, -0.2) is 20.4 Å². The van der Waals surface area contributed by atoms with Gasteiger partial charge in [0.25, 0.3) is 11.5 Å². The van der Waals surface area contributed by atoms with Crippen LogP contribution in [0.4, 0.5) is 17.1 Å². The Morgan fingerprint density at radius 1 is 0.914 bits per heavy atom. The molecule has 9 heteroatoms. The van der Waals surface area contributed by atoms with Gasteiger partial charge < -0.3 is 16.0 Å². The summed E-state index contributed by atoms with van der Waals surface area (Å²) >= 11 is 11.6. The highest BCUT2D eigenvalue weighted by molar-refractivity contribution is 7.80. The lowest BCUT2D eigenvalue weighted by Crippen LogP contribution is -2.23. The number of amides is 1. The lowest BCUT2D eigenvalue weighted by atomic mass is 10.2. The summed E-state index contributed by atoms with van der Waals surface area (Å²) in [4.78, 5) is 26.1. The van der Waals surface area contributed by atoms with Crippen LogP contribution in [0.3, 0.4) is 0 Å². The standard InChI is InChI=1S/C26H24ClN5O2S/c1-16-21(27)13-8-14-22(16)29-26(35)28-19-10-7-9-18(15-19)24(33)30-23-17(2)31(3)32(25(23)34)20-11-5-4-6-12-20/h4-15H,1-3H3,(H,30,33)(H2,28,29,35). The van der Waals surface area contributed by atoms with E-state index in [-0.39, 0.29) is 11.2 Å². The van der Waals surface area contributed by atoms with Crippen LogP contribution in [0.15, 0.2) is 77.6 Å². The van der Waals surface area contributed by atoms with Crippen molar-refractivity contribution in [2.75, 3.05) is 16.0 Å². The Morgan fingerprint density at radius 2 is 1.63 bits per heavy atom. The molecule has 0 saturated heterocycles. The molecule has 35 heavy (non-hydrogen) atoms. The summed E-state index contributed by atoms with van der Waals surface area (Å²) in [6.45, 7) is 3.69. The van der Waals surface area contributed by atoms with Crippen LogP contribution in [0.25, 0.3) is 5.69 Å². The minimum Gasteiger partial charge on any atom is -0.332 e. The quantitative estimate of drug-likeness (QED) is 0.312. The van der Waals surface area contributed by atoms with Gasteiger partial charge in [-0.15, -0.1) is 0 Å². The van der Waals surface area contributed by atoms with Crippen LogP contribution in [0, 0.1) is 13.8 Å². The van der Waals surface area contributed by atoms with Gasteiger partial charge in [-0.1, -0.05) is 41.9 Å². The molecule has 1 heterocycles. The zero-order chi connectivity index (χ0) is 25.1. The SMILES string of the molecule is Cc1c(Cl)cccc1NC(=S)Nc1cccc(C(=O)Nc2c(C)n(C)n(-c3ccccc3)c2=O)c1. The van der Waals surface area contributed by atoms with Crippen molar-refractivity contribution in [3.63, 3.8) is 0 Å². The average Bonchev–Trinajstić information content (AvgIpc) is 3.05. The summed E-state index contributed by atoms with van der Waals surface area (Å²) < 4.78 is 3.23. The van der Waals surface area contributed by atoms with Crippen molar-refractivity contribution in [3.8, 4) is 5.69 Å². The van der Waals surface area contributed by atoms with Crippen LogP contribution in [0.5, 0.6) is 0 Å². The van der Waals surface area contributed by atoms with Crippen LogP contribution in [-0.2, 0) is 7.05 Å². The Hall–Kier alpha value is -3.88. The van der Waals surface area contributed by atoms with Crippen LogP contribution in [0.2, 0.25) is 5.02 Å². The topological polar surface area (TPSA) is 80.1 Å². The molecule has 1 amide bonds. The summed E-state index contributed by atoms with van der Waals surface area (Å²) in [6, 6.07) is 21.7. The minimum absolute atomic E-state index is 0.230. The second-order valence-corrected chi connectivity index (χ2v) is 8.78. The van der Waals surface area contributed by atoms with Crippen LogP contribution < -0.4 is 21.5 Å². The molecule has 0 radical (unpaired) electrons. The molecule has 4 rings (SSSR count). The van der Waals surface area contributed by atoms with Crippen LogP contribution in [0.1, 0.15) is 21.6 Å². The molecule has 3 N–H and O–H groups in total. The Labute approximate surface area is 213 Å². The molecule has 178 valence electrons. The molecular weight excluding hydrogens is 482 g/mol. The monoisotopic (exact) mass is 505 g/mol. The first-order chi connectivity index (χ1) is 16.8. The number of anilines is 3. The number of thiocarbonyl (C=S) groups is 1. The second-order valence-electron chi connectivity index (χ2n) is 7.96. The van der Waals surface area contributed by atoms with E-state index in [1.165, 1.54) is 4.68 Å². The number of para-hydroxylation sites is 1. The van der Waals surface area contributed by atoms with Crippen molar-refractivity contribution in [2.24, 2.45) is 7.05 Å². The third kappa shape index (κ3) is 5.13. The van der Waals surface area contributed by atoms with E-state index in [1.54, 1.807) is 42.9 Å². The van der Waals surface area contributed by atoms with E-state index in [1.807, 2.05) is 55.5 Å². The lowest BCUT2D eigenvalue weighted by molar-refractivity contribution is 0.102. The van der Waals surface area contributed by atoms with Crippen molar-refractivity contribution in [3.05, 3.63) is 105 Å². The predicted molar refractivity (Wildman–Crippen MR) is 146 cm³/mol. The Morgan fingerprint density at radius 3 is 2.37 bits per heavy atom. The molecule has 1 aromatic heterocycles. The van der Waals surface area contributed by atoms with Gasteiger partial charge in [-0.2, -0.15) is 0 Å². The molecule has 0 aliphatic rings. The van der Waals surface area contributed by atoms with E-state index in [4.69, 9.17) is 23.8 Å². The average molecular weight is 506 g/mol. The van der Waals surface area contributed by atoms with E-state index < -0.39 is 5.91 Å². The maximum absolute atomic E-state index is 13.1. The molecule has 0 fully saturated rings. The van der Waals surface area contributed by atoms with E-state index in [0.717, 1.165) is 11.3 Å². The van der Waals surface area contributed by atoms with Crippen molar-refractivity contribution in [1.29, 1.82) is 0 Å². The van der Waals surface area contributed by atoms with Crippen LogP contribution >= 0.6 is 23.8 Å². The number of carbonyl (C=O) groups is 1. The van der Waals surface area contributed by atoms with Gasteiger partial charge in [0.15, 0.2) is 5.11 Å².